The van der Waals surface area contributed by atoms with E-state index in [-0.39, 0.29) is 5.91 Å². The second kappa shape index (κ2) is 7.23. The van der Waals surface area contributed by atoms with Crippen LogP contribution >= 0.6 is 11.3 Å². The van der Waals surface area contributed by atoms with Crippen LogP contribution in [0.15, 0.2) is 11.4 Å². The molecule has 3 nitrogen and oxygen atoms in total. The Kier molecular flexibility index (Phi) is 5.61. The monoisotopic (exact) mass is 294 g/mol. The van der Waals surface area contributed by atoms with Crippen LogP contribution in [0.5, 0.6) is 0 Å². The van der Waals surface area contributed by atoms with Gasteiger partial charge in [-0.3, -0.25) is 4.79 Å². The fraction of sp³-hybridized carbons (Fsp3) is 0.688. The third kappa shape index (κ3) is 4.32. The quantitative estimate of drug-likeness (QED) is 0.833. The van der Waals surface area contributed by atoms with Crippen molar-refractivity contribution in [3.63, 3.8) is 0 Å². The summed E-state index contributed by atoms with van der Waals surface area (Å²) >= 11 is 1.74. The molecule has 1 fully saturated rings. The Labute approximate surface area is 126 Å². The Morgan fingerprint density at radius 1 is 1.55 bits per heavy atom. The Morgan fingerprint density at radius 2 is 2.35 bits per heavy atom. The van der Waals surface area contributed by atoms with Gasteiger partial charge in [-0.25, -0.2) is 0 Å². The Hall–Kier alpha value is -0.870. The summed E-state index contributed by atoms with van der Waals surface area (Å²) in [4.78, 5) is 17.8. The molecule has 0 aliphatic carbocycles. The number of carbonyl (C=O) groups is 1. The van der Waals surface area contributed by atoms with Gasteiger partial charge in [-0.2, -0.15) is 0 Å². The van der Waals surface area contributed by atoms with Crippen molar-refractivity contribution in [2.24, 2.45) is 5.92 Å². The molecule has 0 spiro atoms. The van der Waals surface area contributed by atoms with Crippen LogP contribution < -0.4 is 0 Å². The van der Waals surface area contributed by atoms with Crippen LogP contribution in [0.25, 0.3) is 0 Å². The largest absolute Gasteiger partial charge is 0.341 e. The highest BCUT2D eigenvalue weighted by atomic mass is 32.1. The van der Waals surface area contributed by atoms with Gasteiger partial charge in [0.25, 0.3) is 0 Å². The second-order valence-electron chi connectivity index (χ2n) is 6.07. The number of thiophene rings is 1. The molecular formula is C16H26N2OS. The fourth-order valence-electron chi connectivity index (χ4n) is 2.80. The van der Waals surface area contributed by atoms with E-state index in [4.69, 9.17) is 0 Å². The fourth-order valence-corrected chi connectivity index (χ4v) is 3.76. The maximum atomic E-state index is 12.2. The highest BCUT2D eigenvalue weighted by Crippen LogP contribution is 2.18. The smallest absolute Gasteiger partial charge is 0.223 e. The lowest BCUT2D eigenvalue weighted by molar-refractivity contribution is -0.130. The van der Waals surface area contributed by atoms with Crippen LogP contribution in [0.3, 0.4) is 0 Å². The maximum Gasteiger partial charge on any atom is 0.223 e. The van der Waals surface area contributed by atoms with Gasteiger partial charge in [-0.1, -0.05) is 6.92 Å². The summed E-state index contributed by atoms with van der Waals surface area (Å²) in [7, 11) is 1.92. The molecule has 1 saturated heterocycles. The van der Waals surface area contributed by atoms with Crippen molar-refractivity contribution in [1.82, 2.24) is 9.80 Å². The van der Waals surface area contributed by atoms with Gasteiger partial charge in [0.2, 0.25) is 5.91 Å². The highest BCUT2D eigenvalue weighted by Gasteiger charge is 2.18. The van der Waals surface area contributed by atoms with Crippen molar-refractivity contribution in [3.05, 3.63) is 21.9 Å². The molecule has 112 valence electrons. The van der Waals surface area contributed by atoms with E-state index in [0.717, 1.165) is 32.1 Å². The highest BCUT2D eigenvalue weighted by molar-refractivity contribution is 7.10. The lowest BCUT2D eigenvalue weighted by atomic mass is 10.0. The molecule has 0 radical (unpaired) electrons. The predicted octanol–water partition coefficient (Wildman–Crippen LogP) is 3.14. The number of piperidine rings is 1. The van der Waals surface area contributed by atoms with Crippen molar-refractivity contribution in [1.29, 1.82) is 0 Å². The van der Waals surface area contributed by atoms with Gasteiger partial charge in [-0.15, -0.1) is 11.3 Å². The molecule has 1 amide bonds. The van der Waals surface area contributed by atoms with Gasteiger partial charge in [0.15, 0.2) is 0 Å². The number of carbonyl (C=O) groups excluding carboxylic acids is 1. The van der Waals surface area contributed by atoms with E-state index in [1.165, 1.54) is 23.3 Å². The minimum Gasteiger partial charge on any atom is -0.341 e. The summed E-state index contributed by atoms with van der Waals surface area (Å²) in [6, 6.07) is 2.12. The molecule has 1 aliphatic heterocycles. The summed E-state index contributed by atoms with van der Waals surface area (Å²) in [5, 5.41) is 2.10. The van der Waals surface area contributed by atoms with Gasteiger partial charge in [-0.05, 0) is 49.2 Å². The molecule has 1 aromatic rings. The Balaban J connectivity index is 1.75. The predicted molar refractivity (Wildman–Crippen MR) is 85.0 cm³/mol. The normalized spacial score (nSPS) is 20.1. The van der Waals surface area contributed by atoms with E-state index >= 15 is 0 Å². The molecule has 0 bridgehead atoms. The SMILES string of the molecule is Cc1ccsc1CN(C)C(=O)CCN1CCC[C@H](C)C1. The van der Waals surface area contributed by atoms with Crippen molar-refractivity contribution < 1.29 is 4.79 Å². The number of rotatable bonds is 5. The van der Waals surface area contributed by atoms with Crippen molar-refractivity contribution in [3.8, 4) is 0 Å². The number of amides is 1. The van der Waals surface area contributed by atoms with Gasteiger partial charge in [0.1, 0.15) is 0 Å². The van der Waals surface area contributed by atoms with Crippen molar-refractivity contribution >= 4 is 17.2 Å². The van der Waals surface area contributed by atoms with E-state index < -0.39 is 0 Å². The van der Waals surface area contributed by atoms with E-state index in [1.807, 2.05) is 11.9 Å². The molecule has 1 atom stereocenters. The molecule has 0 saturated carbocycles. The zero-order valence-electron chi connectivity index (χ0n) is 12.9. The standard InChI is InChI=1S/C16H26N2OS/c1-13-5-4-8-18(11-13)9-6-16(19)17(3)12-15-14(2)7-10-20-15/h7,10,13H,4-6,8-9,11-12H2,1-3H3/t13-/m0/s1. The summed E-state index contributed by atoms with van der Waals surface area (Å²) in [6.07, 6.45) is 3.26. The number of likely N-dealkylation sites (tertiary alicyclic amines) is 1. The van der Waals surface area contributed by atoms with Gasteiger partial charge < -0.3 is 9.80 Å². The minimum atomic E-state index is 0.260. The zero-order valence-corrected chi connectivity index (χ0v) is 13.7. The first-order valence-corrected chi connectivity index (χ1v) is 8.43. The van der Waals surface area contributed by atoms with Crippen LogP contribution in [0, 0.1) is 12.8 Å². The summed E-state index contributed by atoms with van der Waals surface area (Å²) in [6.45, 7) is 8.39. The van der Waals surface area contributed by atoms with E-state index in [0.29, 0.717) is 6.42 Å². The summed E-state index contributed by atoms with van der Waals surface area (Å²) < 4.78 is 0. The van der Waals surface area contributed by atoms with Crippen LogP contribution in [0.2, 0.25) is 0 Å². The van der Waals surface area contributed by atoms with Crippen LogP contribution in [-0.2, 0) is 11.3 Å². The van der Waals surface area contributed by atoms with Gasteiger partial charge >= 0.3 is 0 Å². The minimum absolute atomic E-state index is 0.260. The van der Waals surface area contributed by atoms with E-state index in [1.54, 1.807) is 11.3 Å². The third-order valence-electron chi connectivity index (χ3n) is 4.16. The maximum absolute atomic E-state index is 12.2. The van der Waals surface area contributed by atoms with Gasteiger partial charge in [0.05, 0.1) is 6.54 Å². The molecule has 0 unspecified atom stereocenters. The van der Waals surface area contributed by atoms with Gasteiger partial charge in [0, 0.05) is 31.4 Å². The molecule has 0 N–H and O–H groups in total. The number of nitrogens with zero attached hydrogens (tertiary/aromatic N) is 2. The molecule has 0 aromatic carbocycles. The lowest BCUT2D eigenvalue weighted by Crippen LogP contribution is -2.37. The summed E-state index contributed by atoms with van der Waals surface area (Å²) in [5.41, 5.74) is 1.29. The second-order valence-corrected chi connectivity index (χ2v) is 7.08. The van der Waals surface area contributed by atoms with Crippen molar-refractivity contribution in [2.75, 3.05) is 26.7 Å². The van der Waals surface area contributed by atoms with E-state index in [9.17, 15) is 4.79 Å². The van der Waals surface area contributed by atoms with Crippen LogP contribution in [-0.4, -0.2) is 42.4 Å². The van der Waals surface area contributed by atoms with E-state index in [2.05, 4.69) is 30.2 Å². The lowest BCUT2D eigenvalue weighted by Gasteiger charge is -2.31. The topological polar surface area (TPSA) is 23.6 Å². The molecule has 2 rings (SSSR count). The molecular weight excluding hydrogens is 268 g/mol. The first-order chi connectivity index (χ1) is 9.56. The number of hydrogen-bond donors (Lipinski definition) is 0. The average molecular weight is 294 g/mol. The number of hydrogen-bond acceptors (Lipinski definition) is 3. The molecule has 1 aliphatic rings. The Morgan fingerprint density at radius 3 is 3.00 bits per heavy atom. The molecule has 1 aromatic heterocycles. The molecule has 2 heterocycles. The van der Waals surface area contributed by atoms with Crippen molar-refractivity contribution in [2.45, 2.75) is 39.7 Å². The van der Waals surface area contributed by atoms with Crippen LogP contribution in [0.1, 0.15) is 36.6 Å². The summed E-state index contributed by atoms with van der Waals surface area (Å²) in [5.74, 6) is 1.04. The van der Waals surface area contributed by atoms with Crippen LogP contribution in [0.4, 0.5) is 0 Å². The molecule has 20 heavy (non-hydrogen) atoms. The average Bonchev–Trinajstić information content (AvgIpc) is 2.81. The number of aryl methyl sites for hydroxylation is 1. The Bertz CT molecular complexity index is 443. The first-order valence-electron chi connectivity index (χ1n) is 7.55. The molecule has 4 heteroatoms. The third-order valence-corrected chi connectivity index (χ3v) is 5.17. The first kappa shape index (κ1) is 15.5. The zero-order chi connectivity index (χ0) is 14.5.